The Morgan fingerprint density at radius 2 is 1.89 bits per heavy atom. The Kier molecular flexibility index (Phi) is 7.55. The third-order valence-corrected chi connectivity index (χ3v) is 7.98. The van der Waals surface area contributed by atoms with Crippen LogP contribution in [0.5, 0.6) is 5.75 Å². The van der Waals surface area contributed by atoms with E-state index in [0.29, 0.717) is 23.6 Å². The molecule has 37 heavy (non-hydrogen) atoms. The van der Waals surface area contributed by atoms with Gasteiger partial charge in [0.05, 0.1) is 27.7 Å². The van der Waals surface area contributed by atoms with Crippen molar-refractivity contribution in [3.05, 3.63) is 88.2 Å². The number of nitrogens with two attached hydrogens (primary N) is 1. The lowest BCUT2D eigenvalue weighted by Gasteiger charge is -2.35. The monoisotopic (exact) mass is 554 g/mol. The van der Waals surface area contributed by atoms with Crippen molar-refractivity contribution in [2.45, 2.75) is 30.5 Å². The predicted molar refractivity (Wildman–Crippen MR) is 135 cm³/mol. The minimum Gasteiger partial charge on any atom is -0.486 e. The molecule has 0 radical (unpaired) electrons. The Morgan fingerprint density at radius 3 is 2.57 bits per heavy atom. The number of nitrogens with zero attached hydrogens (tertiary/aromatic N) is 1. The summed E-state index contributed by atoms with van der Waals surface area (Å²) in [6.07, 6.45) is -3.34. The van der Waals surface area contributed by atoms with Crippen molar-refractivity contribution in [3.63, 3.8) is 0 Å². The number of alkyl halides is 3. The second kappa shape index (κ2) is 10.4. The van der Waals surface area contributed by atoms with Crippen LogP contribution in [-0.4, -0.2) is 27.6 Å². The quantitative estimate of drug-likeness (QED) is 0.284. The number of benzene rings is 3. The summed E-state index contributed by atoms with van der Waals surface area (Å²) < 4.78 is 88.4. The van der Waals surface area contributed by atoms with Gasteiger partial charge in [-0.05, 0) is 73.5 Å². The van der Waals surface area contributed by atoms with E-state index >= 15 is 0 Å². The summed E-state index contributed by atoms with van der Waals surface area (Å²) in [6.45, 7) is 1.74. The highest BCUT2D eigenvalue weighted by Crippen LogP contribution is 2.40. The maximum Gasteiger partial charge on any atom is 0.416 e. The molecule has 196 valence electrons. The van der Waals surface area contributed by atoms with E-state index in [4.69, 9.17) is 22.1 Å². The topological polar surface area (TPSA) is 72.6 Å². The first-order chi connectivity index (χ1) is 17.4. The van der Waals surface area contributed by atoms with Crippen LogP contribution >= 0.6 is 11.6 Å². The molecular weight excluding hydrogens is 532 g/mol. The highest BCUT2D eigenvalue weighted by molar-refractivity contribution is 7.92. The average Bonchev–Trinajstić information content (AvgIpc) is 2.83. The van der Waals surface area contributed by atoms with Gasteiger partial charge in [0, 0.05) is 5.56 Å². The zero-order valence-corrected chi connectivity index (χ0v) is 21.2. The molecule has 5 nitrogen and oxygen atoms in total. The molecule has 0 fully saturated rings. The van der Waals surface area contributed by atoms with Gasteiger partial charge in [0.15, 0.2) is 0 Å². The minimum atomic E-state index is -4.71. The molecule has 0 saturated carbocycles. The SMILES string of the molecule is CC(=Cc1ccc2c(c1)N(S(=O)(=O)c1cccc(C(F)(F)F)c1)C[C@H](CCN)O2)c1c(F)cccc1Cl. The largest absolute Gasteiger partial charge is 0.486 e. The summed E-state index contributed by atoms with van der Waals surface area (Å²) in [4.78, 5) is -0.503. The Morgan fingerprint density at radius 1 is 1.16 bits per heavy atom. The van der Waals surface area contributed by atoms with E-state index in [0.717, 1.165) is 22.5 Å². The van der Waals surface area contributed by atoms with Gasteiger partial charge in [0.2, 0.25) is 0 Å². The molecule has 1 atom stereocenters. The fourth-order valence-corrected chi connectivity index (χ4v) is 6.00. The standard InChI is InChI=1S/C26H23ClF4N2O3S/c1-16(25-21(27)6-3-7-22(25)28)12-17-8-9-24-23(13-17)33(15-19(36-24)10-11-32)37(34,35)20-5-2-4-18(14-20)26(29,30)31/h2-9,12-14,19H,10-11,15,32H2,1H3/t19-/m0/s1. The number of hydrogen-bond donors (Lipinski definition) is 1. The first-order valence-corrected chi connectivity index (χ1v) is 13.1. The van der Waals surface area contributed by atoms with Crippen LogP contribution in [0, 0.1) is 5.82 Å². The van der Waals surface area contributed by atoms with Crippen LogP contribution in [0.25, 0.3) is 11.6 Å². The van der Waals surface area contributed by atoms with Gasteiger partial charge in [-0.2, -0.15) is 13.2 Å². The molecule has 0 unspecified atom stereocenters. The summed E-state index contributed by atoms with van der Waals surface area (Å²) in [5.74, 6) is -0.278. The number of allylic oxidation sites excluding steroid dienone is 1. The zero-order valence-electron chi connectivity index (χ0n) is 19.6. The number of anilines is 1. The summed E-state index contributed by atoms with van der Waals surface area (Å²) in [6, 6.07) is 12.7. The fourth-order valence-electron chi connectivity index (χ4n) is 4.14. The molecule has 1 aliphatic rings. The minimum absolute atomic E-state index is 0.145. The van der Waals surface area contributed by atoms with Gasteiger partial charge in [-0.1, -0.05) is 35.9 Å². The number of fused-ring (bicyclic) bond motifs is 1. The highest BCUT2D eigenvalue weighted by atomic mass is 35.5. The van der Waals surface area contributed by atoms with Gasteiger partial charge in [-0.15, -0.1) is 0 Å². The normalized spacial score (nSPS) is 16.4. The van der Waals surface area contributed by atoms with Crippen LogP contribution in [0.3, 0.4) is 0 Å². The third-order valence-electron chi connectivity index (χ3n) is 5.89. The van der Waals surface area contributed by atoms with Crippen molar-refractivity contribution >= 4 is 39.0 Å². The van der Waals surface area contributed by atoms with Crippen molar-refractivity contribution in [2.75, 3.05) is 17.4 Å². The van der Waals surface area contributed by atoms with E-state index in [9.17, 15) is 26.0 Å². The van der Waals surface area contributed by atoms with Crippen molar-refractivity contribution in [1.29, 1.82) is 0 Å². The Bertz CT molecular complexity index is 1440. The number of ether oxygens (including phenoxy) is 1. The first kappa shape index (κ1) is 27.0. The number of rotatable bonds is 6. The van der Waals surface area contributed by atoms with E-state index in [1.165, 1.54) is 18.2 Å². The van der Waals surface area contributed by atoms with Gasteiger partial charge in [-0.25, -0.2) is 12.8 Å². The van der Waals surface area contributed by atoms with Gasteiger partial charge in [0.1, 0.15) is 17.7 Å². The highest BCUT2D eigenvalue weighted by Gasteiger charge is 2.37. The maximum absolute atomic E-state index is 14.4. The predicted octanol–water partition coefficient (Wildman–Crippen LogP) is 6.36. The lowest BCUT2D eigenvalue weighted by Crippen LogP contribution is -2.44. The summed E-state index contributed by atoms with van der Waals surface area (Å²) in [7, 11) is -4.41. The van der Waals surface area contributed by atoms with Gasteiger partial charge < -0.3 is 10.5 Å². The van der Waals surface area contributed by atoms with Gasteiger partial charge in [-0.3, -0.25) is 4.31 Å². The van der Waals surface area contributed by atoms with Crippen LogP contribution < -0.4 is 14.8 Å². The molecule has 3 aromatic carbocycles. The molecular formula is C26H23ClF4N2O3S. The third kappa shape index (κ3) is 5.61. The molecule has 0 amide bonds. The fraction of sp³-hybridized carbons (Fsp3) is 0.231. The molecule has 0 aromatic heterocycles. The molecule has 0 bridgehead atoms. The summed E-state index contributed by atoms with van der Waals surface area (Å²) in [5, 5.41) is 0.216. The smallest absolute Gasteiger partial charge is 0.416 e. The molecule has 0 spiro atoms. The second-order valence-corrected chi connectivity index (χ2v) is 10.8. The summed E-state index contributed by atoms with van der Waals surface area (Å²) >= 11 is 6.17. The van der Waals surface area contributed by atoms with Crippen molar-refractivity contribution < 1.29 is 30.7 Å². The van der Waals surface area contributed by atoms with Gasteiger partial charge in [0.25, 0.3) is 10.0 Å². The van der Waals surface area contributed by atoms with E-state index < -0.39 is 38.6 Å². The lowest BCUT2D eigenvalue weighted by atomic mass is 10.0. The van der Waals surface area contributed by atoms with Crippen LogP contribution in [0.1, 0.15) is 30.0 Å². The Labute approximate surface area is 217 Å². The van der Waals surface area contributed by atoms with Crippen molar-refractivity contribution in [3.8, 4) is 5.75 Å². The van der Waals surface area contributed by atoms with Crippen LogP contribution in [0.4, 0.5) is 23.2 Å². The van der Waals surface area contributed by atoms with Gasteiger partial charge >= 0.3 is 6.18 Å². The maximum atomic E-state index is 14.4. The molecule has 3 aromatic rings. The number of sulfonamides is 1. The van der Waals surface area contributed by atoms with E-state index in [-0.39, 0.29) is 35.1 Å². The average molecular weight is 555 g/mol. The molecule has 1 aliphatic heterocycles. The van der Waals surface area contributed by atoms with Crippen LogP contribution in [0.15, 0.2) is 65.6 Å². The Hall–Kier alpha value is -3.08. The van der Waals surface area contributed by atoms with E-state index in [2.05, 4.69) is 0 Å². The molecule has 0 aliphatic carbocycles. The summed E-state index contributed by atoms with van der Waals surface area (Å²) in [5.41, 5.74) is 5.93. The van der Waals surface area contributed by atoms with Crippen molar-refractivity contribution in [1.82, 2.24) is 0 Å². The first-order valence-electron chi connectivity index (χ1n) is 11.3. The van der Waals surface area contributed by atoms with E-state index in [1.807, 2.05) is 0 Å². The van der Waals surface area contributed by atoms with E-state index in [1.54, 1.807) is 31.2 Å². The van der Waals surface area contributed by atoms with Crippen LogP contribution in [-0.2, 0) is 16.2 Å². The molecule has 11 heteroatoms. The molecule has 0 saturated heterocycles. The molecule has 4 rings (SSSR count). The Balaban J connectivity index is 1.81. The number of hydrogen-bond acceptors (Lipinski definition) is 4. The number of halogens is 5. The van der Waals surface area contributed by atoms with Crippen molar-refractivity contribution in [2.24, 2.45) is 5.73 Å². The lowest BCUT2D eigenvalue weighted by molar-refractivity contribution is -0.137. The molecule has 1 heterocycles. The zero-order chi connectivity index (χ0) is 27.0. The second-order valence-electron chi connectivity index (χ2n) is 8.53. The van der Waals surface area contributed by atoms with Crippen LogP contribution in [0.2, 0.25) is 5.02 Å². The molecule has 2 N–H and O–H groups in total.